The fourth-order valence-corrected chi connectivity index (χ4v) is 2.37. The number of amides is 3. The Morgan fingerprint density at radius 2 is 2.05 bits per heavy atom. The van der Waals surface area contributed by atoms with E-state index in [0.29, 0.717) is 0 Å². The standard InChI is InChI=1S/C12H10F2N2O3S/c13-8-2-1-7(5-9(8)14)11(18)15-3-4-16-10(17)6-20-12(16)19/h1-2,5H,3-4,6H2,(H,15,18). The Morgan fingerprint density at radius 3 is 2.65 bits per heavy atom. The zero-order valence-corrected chi connectivity index (χ0v) is 11.0. The summed E-state index contributed by atoms with van der Waals surface area (Å²) in [5, 5.41) is 2.08. The lowest BCUT2D eigenvalue weighted by molar-refractivity contribution is -0.124. The maximum Gasteiger partial charge on any atom is 0.288 e. The topological polar surface area (TPSA) is 66.5 Å². The number of hydrogen-bond donors (Lipinski definition) is 1. The molecule has 1 fully saturated rings. The summed E-state index contributed by atoms with van der Waals surface area (Å²) in [6.45, 7) is 0.107. The molecule has 1 aliphatic rings. The molecule has 1 aromatic rings. The van der Waals surface area contributed by atoms with E-state index >= 15 is 0 Å². The molecule has 8 heteroatoms. The number of carbonyl (C=O) groups is 3. The summed E-state index contributed by atoms with van der Waals surface area (Å²) in [7, 11) is 0. The Balaban J connectivity index is 1.87. The van der Waals surface area contributed by atoms with Crippen molar-refractivity contribution in [2.45, 2.75) is 0 Å². The van der Waals surface area contributed by atoms with Gasteiger partial charge in [0.1, 0.15) is 0 Å². The predicted molar refractivity (Wildman–Crippen MR) is 68.3 cm³/mol. The Bertz CT molecular complexity index is 564. The number of rotatable bonds is 4. The van der Waals surface area contributed by atoms with Crippen LogP contribution in [0.2, 0.25) is 0 Å². The van der Waals surface area contributed by atoms with Crippen LogP contribution < -0.4 is 5.32 Å². The summed E-state index contributed by atoms with van der Waals surface area (Å²) in [4.78, 5) is 35.3. The first-order chi connectivity index (χ1) is 9.49. The quantitative estimate of drug-likeness (QED) is 0.912. The fourth-order valence-electron chi connectivity index (χ4n) is 1.62. The molecule has 20 heavy (non-hydrogen) atoms. The highest BCUT2D eigenvalue weighted by Crippen LogP contribution is 2.17. The lowest BCUT2D eigenvalue weighted by Gasteiger charge is -2.13. The highest BCUT2D eigenvalue weighted by Gasteiger charge is 2.29. The van der Waals surface area contributed by atoms with E-state index < -0.39 is 17.5 Å². The van der Waals surface area contributed by atoms with Crippen LogP contribution in [0, 0.1) is 11.6 Å². The smallest absolute Gasteiger partial charge is 0.288 e. The van der Waals surface area contributed by atoms with E-state index in [2.05, 4.69) is 5.32 Å². The van der Waals surface area contributed by atoms with Gasteiger partial charge in [0.2, 0.25) is 5.91 Å². The molecule has 0 unspecified atom stereocenters. The van der Waals surface area contributed by atoms with Gasteiger partial charge in [-0.1, -0.05) is 11.8 Å². The van der Waals surface area contributed by atoms with Crippen molar-refractivity contribution in [2.75, 3.05) is 18.8 Å². The number of thioether (sulfide) groups is 1. The minimum Gasteiger partial charge on any atom is -0.350 e. The summed E-state index contributed by atoms with van der Waals surface area (Å²) in [5.74, 6) is -2.95. The second kappa shape index (κ2) is 6.00. The van der Waals surface area contributed by atoms with Gasteiger partial charge in [0, 0.05) is 18.7 Å². The van der Waals surface area contributed by atoms with E-state index in [1.165, 1.54) is 0 Å². The van der Waals surface area contributed by atoms with Crippen molar-refractivity contribution in [3.05, 3.63) is 35.4 Å². The number of benzene rings is 1. The van der Waals surface area contributed by atoms with E-state index in [1.54, 1.807) is 0 Å². The third-order valence-electron chi connectivity index (χ3n) is 2.64. The van der Waals surface area contributed by atoms with Crippen molar-refractivity contribution in [1.29, 1.82) is 0 Å². The van der Waals surface area contributed by atoms with Crippen molar-refractivity contribution in [1.82, 2.24) is 10.2 Å². The van der Waals surface area contributed by atoms with Crippen LogP contribution in [0.1, 0.15) is 10.4 Å². The molecule has 1 aromatic carbocycles. The Morgan fingerprint density at radius 1 is 1.30 bits per heavy atom. The first-order valence-electron chi connectivity index (χ1n) is 5.69. The molecule has 0 aliphatic carbocycles. The van der Waals surface area contributed by atoms with Crippen LogP contribution in [-0.2, 0) is 4.79 Å². The van der Waals surface area contributed by atoms with Crippen molar-refractivity contribution in [3.8, 4) is 0 Å². The number of imide groups is 1. The fraction of sp³-hybridized carbons (Fsp3) is 0.250. The van der Waals surface area contributed by atoms with E-state index in [4.69, 9.17) is 0 Å². The predicted octanol–water partition coefficient (Wildman–Crippen LogP) is 1.39. The zero-order valence-electron chi connectivity index (χ0n) is 10.2. The van der Waals surface area contributed by atoms with Gasteiger partial charge in [-0.25, -0.2) is 8.78 Å². The van der Waals surface area contributed by atoms with E-state index in [9.17, 15) is 23.2 Å². The summed E-state index contributed by atoms with van der Waals surface area (Å²) in [5.41, 5.74) is -0.0302. The second-order valence-electron chi connectivity index (χ2n) is 3.98. The van der Waals surface area contributed by atoms with Crippen LogP contribution in [0.4, 0.5) is 13.6 Å². The SMILES string of the molecule is O=C(NCCN1C(=O)CSC1=O)c1ccc(F)c(F)c1. The van der Waals surface area contributed by atoms with E-state index in [1.807, 2.05) is 0 Å². The number of nitrogens with one attached hydrogen (secondary N) is 1. The normalized spacial score (nSPS) is 14.8. The molecule has 0 bridgehead atoms. The van der Waals surface area contributed by atoms with Crippen molar-refractivity contribution >= 4 is 28.8 Å². The molecule has 1 heterocycles. The maximum absolute atomic E-state index is 13.0. The van der Waals surface area contributed by atoms with Gasteiger partial charge in [0.25, 0.3) is 11.1 Å². The van der Waals surface area contributed by atoms with Gasteiger partial charge < -0.3 is 5.32 Å². The van der Waals surface area contributed by atoms with Gasteiger partial charge >= 0.3 is 0 Å². The Kier molecular flexibility index (Phi) is 4.33. The van der Waals surface area contributed by atoms with Gasteiger partial charge in [0.05, 0.1) is 5.75 Å². The molecule has 106 valence electrons. The summed E-state index contributed by atoms with van der Waals surface area (Å²) in [6.07, 6.45) is 0. The van der Waals surface area contributed by atoms with Gasteiger partial charge in [-0.2, -0.15) is 0 Å². The highest BCUT2D eigenvalue weighted by molar-refractivity contribution is 8.14. The molecule has 0 radical (unpaired) electrons. The van der Waals surface area contributed by atoms with Crippen molar-refractivity contribution in [3.63, 3.8) is 0 Å². The summed E-state index contributed by atoms with van der Waals surface area (Å²) in [6, 6.07) is 2.79. The van der Waals surface area contributed by atoms with Crippen LogP contribution in [0.5, 0.6) is 0 Å². The highest BCUT2D eigenvalue weighted by atomic mass is 32.2. The molecule has 1 saturated heterocycles. The van der Waals surface area contributed by atoms with Crippen LogP contribution in [0.15, 0.2) is 18.2 Å². The molecule has 1 N–H and O–H groups in total. The largest absolute Gasteiger partial charge is 0.350 e. The van der Waals surface area contributed by atoms with Gasteiger partial charge in [-0.3, -0.25) is 19.3 Å². The van der Waals surface area contributed by atoms with Crippen LogP contribution in [0.25, 0.3) is 0 Å². The van der Waals surface area contributed by atoms with E-state index in [0.717, 1.165) is 34.9 Å². The lowest BCUT2D eigenvalue weighted by Crippen LogP contribution is -2.37. The molecule has 0 saturated carbocycles. The Labute approximate surface area is 117 Å². The summed E-state index contributed by atoms with van der Waals surface area (Å²) < 4.78 is 25.7. The lowest BCUT2D eigenvalue weighted by atomic mass is 10.2. The molecule has 3 amide bonds. The van der Waals surface area contributed by atoms with Crippen LogP contribution in [-0.4, -0.2) is 40.8 Å². The van der Waals surface area contributed by atoms with Crippen molar-refractivity contribution < 1.29 is 23.2 Å². The zero-order chi connectivity index (χ0) is 14.7. The third-order valence-corrected chi connectivity index (χ3v) is 3.50. The van der Waals surface area contributed by atoms with Gasteiger partial charge in [-0.05, 0) is 18.2 Å². The average molecular weight is 300 g/mol. The van der Waals surface area contributed by atoms with Crippen LogP contribution >= 0.6 is 11.8 Å². The molecule has 1 aliphatic heterocycles. The first kappa shape index (κ1) is 14.4. The number of nitrogens with zero attached hydrogens (tertiary/aromatic N) is 1. The molecule has 5 nitrogen and oxygen atoms in total. The Hall–Kier alpha value is -1.96. The third kappa shape index (κ3) is 3.13. The minimum absolute atomic E-state index is 0.0302. The van der Waals surface area contributed by atoms with Gasteiger partial charge in [0.15, 0.2) is 11.6 Å². The maximum atomic E-state index is 13.0. The summed E-state index contributed by atoms with van der Waals surface area (Å²) >= 11 is 0.906. The monoisotopic (exact) mass is 300 g/mol. The van der Waals surface area contributed by atoms with Crippen molar-refractivity contribution in [2.24, 2.45) is 0 Å². The average Bonchev–Trinajstić information content (AvgIpc) is 2.73. The molecular weight excluding hydrogens is 290 g/mol. The number of halogens is 2. The second-order valence-corrected chi connectivity index (χ2v) is 4.91. The molecule has 0 spiro atoms. The van der Waals surface area contributed by atoms with Crippen LogP contribution in [0.3, 0.4) is 0 Å². The molecule has 0 aromatic heterocycles. The molecule has 0 atom stereocenters. The number of hydrogen-bond acceptors (Lipinski definition) is 4. The minimum atomic E-state index is -1.11. The van der Waals surface area contributed by atoms with E-state index in [-0.39, 0.29) is 35.6 Å². The first-order valence-corrected chi connectivity index (χ1v) is 6.68. The van der Waals surface area contributed by atoms with Gasteiger partial charge in [-0.15, -0.1) is 0 Å². The molecular formula is C12H10F2N2O3S. The molecule has 2 rings (SSSR count). The number of carbonyl (C=O) groups excluding carboxylic acids is 3.